The third-order valence-corrected chi connectivity index (χ3v) is 4.78. The Balaban J connectivity index is 2.77. The summed E-state index contributed by atoms with van der Waals surface area (Å²) >= 11 is 0. The van der Waals surface area contributed by atoms with Gasteiger partial charge in [0.1, 0.15) is 5.75 Å². The van der Waals surface area contributed by atoms with E-state index < -0.39 is 27.0 Å². The molecule has 0 heterocycles. The summed E-state index contributed by atoms with van der Waals surface area (Å²) in [4.78, 5) is 12.3. The van der Waals surface area contributed by atoms with Crippen molar-refractivity contribution < 1.29 is 13.2 Å². The molecule has 1 rings (SSSR count). The molecule has 1 amide bonds. The van der Waals surface area contributed by atoms with Crippen LogP contribution in [0.2, 0.25) is 0 Å². The molecular formula is C17H27NO3S. The van der Waals surface area contributed by atoms with Crippen molar-refractivity contribution in [2.45, 2.75) is 58.4 Å². The van der Waals surface area contributed by atoms with E-state index in [1.807, 2.05) is 20.8 Å². The first-order valence-corrected chi connectivity index (χ1v) is 9.06. The maximum atomic E-state index is 12.3. The number of hydrogen-bond acceptors (Lipinski definition) is 3. The number of sulfone groups is 1. The number of carbonyl (C=O) groups is 1. The molecule has 0 aromatic heterocycles. The molecular weight excluding hydrogens is 298 g/mol. The average Bonchev–Trinajstić information content (AvgIpc) is 2.23. The lowest BCUT2D eigenvalue weighted by Crippen LogP contribution is -2.47. The minimum atomic E-state index is -3.60. The molecule has 124 valence electrons. The predicted octanol–water partition coefficient (Wildman–Crippen LogP) is 3.10. The molecule has 0 saturated heterocycles. The summed E-state index contributed by atoms with van der Waals surface area (Å²) in [6, 6.07) is 6.54. The van der Waals surface area contributed by atoms with Gasteiger partial charge in [0.25, 0.3) is 0 Å². The highest BCUT2D eigenvalue weighted by Gasteiger charge is 2.29. The molecule has 0 radical (unpaired) electrons. The van der Waals surface area contributed by atoms with Gasteiger partial charge in [-0.3, -0.25) is 4.79 Å². The van der Waals surface area contributed by atoms with Gasteiger partial charge in [-0.05, 0) is 44.7 Å². The van der Waals surface area contributed by atoms with Crippen molar-refractivity contribution >= 4 is 15.7 Å². The van der Waals surface area contributed by atoms with Gasteiger partial charge in [-0.1, -0.05) is 38.5 Å². The fraction of sp³-hybridized carbons (Fsp3) is 0.588. The Morgan fingerprint density at radius 1 is 1.05 bits per heavy atom. The highest BCUT2D eigenvalue weighted by atomic mass is 32.2. The van der Waals surface area contributed by atoms with Gasteiger partial charge in [-0.25, -0.2) is 8.42 Å². The van der Waals surface area contributed by atoms with E-state index in [0.29, 0.717) is 0 Å². The van der Waals surface area contributed by atoms with Crippen molar-refractivity contribution in [1.82, 2.24) is 5.32 Å². The number of hydrogen-bond donors (Lipinski definition) is 1. The van der Waals surface area contributed by atoms with Gasteiger partial charge in [-0.15, -0.1) is 0 Å². The summed E-state index contributed by atoms with van der Waals surface area (Å²) in [7, 11) is -3.60. The summed E-state index contributed by atoms with van der Waals surface area (Å²) in [5, 5.41) is 2.83. The lowest BCUT2D eigenvalue weighted by atomic mass is 9.82. The lowest BCUT2D eigenvalue weighted by molar-refractivity contribution is -0.120. The molecule has 1 N–H and O–H groups in total. The summed E-state index contributed by atoms with van der Waals surface area (Å²) in [6.07, 6.45) is 0.760. The van der Waals surface area contributed by atoms with Crippen molar-refractivity contribution in [3.63, 3.8) is 0 Å². The van der Waals surface area contributed by atoms with Gasteiger partial charge in [0.15, 0.2) is 9.84 Å². The minimum Gasteiger partial charge on any atom is -0.350 e. The first kappa shape index (κ1) is 18.7. The molecule has 0 aliphatic carbocycles. The molecule has 4 nitrogen and oxygen atoms in total. The first-order chi connectivity index (χ1) is 9.81. The Morgan fingerprint density at radius 2 is 1.55 bits per heavy atom. The number of rotatable bonds is 5. The molecule has 0 bridgehead atoms. The predicted molar refractivity (Wildman–Crippen MR) is 89.5 cm³/mol. The van der Waals surface area contributed by atoms with Crippen molar-refractivity contribution in [1.29, 1.82) is 0 Å². The van der Waals surface area contributed by atoms with Gasteiger partial charge >= 0.3 is 0 Å². The zero-order valence-corrected chi connectivity index (χ0v) is 15.2. The zero-order chi connectivity index (χ0) is 17.2. The quantitative estimate of drug-likeness (QED) is 0.905. The molecule has 0 atom stereocenters. The van der Waals surface area contributed by atoms with Crippen LogP contribution < -0.4 is 5.32 Å². The van der Waals surface area contributed by atoms with E-state index in [0.717, 1.165) is 12.0 Å². The van der Waals surface area contributed by atoms with Crippen LogP contribution in [-0.2, 0) is 14.6 Å². The van der Waals surface area contributed by atoms with E-state index in [-0.39, 0.29) is 10.3 Å². The standard InChI is InChI=1S/C17H27NO3S/c1-13-7-9-14(10-8-13)22(20,21)11-15(19)18-17(5,6)12-16(2,3)4/h7-10H,11-12H2,1-6H3,(H,18,19). The summed E-state index contributed by atoms with van der Waals surface area (Å²) in [6.45, 7) is 12.0. The van der Waals surface area contributed by atoms with Crippen molar-refractivity contribution in [3.05, 3.63) is 29.8 Å². The van der Waals surface area contributed by atoms with Gasteiger partial charge in [0.2, 0.25) is 5.91 Å². The Morgan fingerprint density at radius 3 is 2.00 bits per heavy atom. The van der Waals surface area contributed by atoms with E-state index in [1.165, 1.54) is 12.1 Å². The Kier molecular flexibility index (Phi) is 5.44. The van der Waals surface area contributed by atoms with Crippen LogP contribution in [0, 0.1) is 12.3 Å². The van der Waals surface area contributed by atoms with Crippen LogP contribution >= 0.6 is 0 Å². The van der Waals surface area contributed by atoms with Crippen LogP contribution in [0.5, 0.6) is 0 Å². The number of aryl methyl sites for hydroxylation is 1. The Hall–Kier alpha value is -1.36. The zero-order valence-electron chi connectivity index (χ0n) is 14.4. The highest BCUT2D eigenvalue weighted by molar-refractivity contribution is 7.92. The van der Waals surface area contributed by atoms with Crippen LogP contribution in [0.1, 0.15) is 46.6 Å². The fourth-order valence-electron chi connectivity index (χ4n) is 2.79. The smallest absolute Gasteiger partial charge is 0.235 e. The molecule has 0 fully saturated rings. The lowest BCUT2D eigenvalue weighted by Gasteiger charge is -2.33. The van der Waals surface area contributed by atoms with Crippen LogP contribution in [0.15, 0.2) is 29.2 Å². The molecule has 0 unspecified atom stereocenters. The Bertz CT molecular complexity index is 623. The SMILES string of the molecule is Cc1ccc(S(=O)(=O)CC(=O)NC(C)(C)CC(C)(C)C)cc1. The van der Waals surface area contributed by atoms with Crippen molar-refractivity contribution in [2.75, 3.05) is 5.75 Å². The molecule has 0 spiro atoms. The maximum Gasteiger partial charge on any atom is 0.235 e. The summed E-state index contributed by atoms with van der Waals surface area (Å²) in [5.41, 5.74) is 0.583. The van der Waals surface area contributed by atoms with E-state index in [9.17, 15) is 13.2 Å². The normalized spacial score (nSPS) is 13.0. The number of amides is 1. The van der Waals surface area contributed by atoms with Crippen LogP contribution in [0.4, 0.5) is 0 Å². The number of benzene rings is 1. The fourth-order valence-corrected chi connectivity index (χ4v) is 3.92. The van der Waals surface area contributed by atoms with Gasteiger partial charge in [0.05, 0.1) is 4.90 Å². The van der Waals surface area contributed by atoms with Crippen LogP contribution in [0.3, 0.4) is 0 Å². The van der Waals surface area contributed by atoms with E-state index >= 15 is 0 Å². The molecule has 0 saturated carbocycles. The molecule has 0 aliphatic heterocycles. The van der Waals surface area contributed by atoms with Gasteiger partial charge in [-0.2, -0.15) is 0 Å². The summed E-state index contributed by atoms with van der Waals surface area (Å²) in [5.74, 6) is -0.987. The van der Waals surface area contributed by atoms with E-state index in [1.54, 1.807) is 12.1 Å². The van der Waals surface area contributed by atoms with E-state index in [4.69, 9.17) is 0 Å². The molecule has 1 aromatic rings. The first-order valence-electron chi connectivity index (χ1n) is 7.41. The molecule has 1 aromatic carbocycles. The second-order valence-electron chi connectivity index (χ2n) is 7.74. The van der Waals surface area contributed by atoms with Crippen LogP contribution in [0.25, 0.3) is 0 Å². The van der Waals surface area contributed by atoms with Gasteiger partial charge in [0, 0.05) is 5.54 Å². The van der Waals surface area contributed by atoms with Crippen molar-refractivity contribution in [3.8, 4) is 0 Å². The highest BCUT2D eigenvalue weighted by Crippen LogP contribution is 2.26. The molecule has 0 aliphatic rings. The van der Waals surface area contributed by atoms with Gasteiger partial charge < -0.3 is 5.32 Å². The maximum absolute atomic E-state index is 12.3. The number of carbonyl (C=O) groups excluding carboxylic acids is 1. The van der Waals surface area contributed by atoms with Crippen LogP contribution in [-0.4, -0.2) is 25.6 Å². The molecule has 5 heteroatoms. The monoisotopic (exact) mass is 325 g/mol. The second-order valence-corrected chi connectivity index (χ2v) is 9.73. The van der Waals surface area contributed by atoms with E-state index in [2.05, 4.69) is 26.1 Å². The van der Waals surface area contributed by atoms with Crippen molar-refractivity contribution in [2.24, 2.45) is 5.41 Å². The third kappa shape index (κ3) is 6.18. The average molecular weight is 325 g/mol. The third-order valence-electron chi connectivity index (χ3n) is 3.15. The Labute approximate surface area is 134 Å². The minimum absolute atomic E-state index is 0.0482. The summed E-state index contributed by atoms with van der Waals surface area (Å²) < 4.78 is 24.5. The largest absolute Gasteiger partial charge is 0.350 e. The number of nitrogens with one attached hydrogen (secondary N) is 1. The topological polar surface area (TPSA) is 63.2 Å². The second kappa shape index (κ2) is 6.41. The molecule has 22 heavy (non-hydrogen) atoms.